The lowest BCUT2D eigenvalue weighted by Gasteiger charge is -2.29. The second kappa shape index (κ2) is 33.9. The minimum absolute atomic E-state index is 1.07. The molecule has 0 atom stereocenters. The molecule has 21 aromatic carbocycles. The molecule has 608 valence electrons. The molecule has 0 saturated carbocycles. The summed E-state index contributed by atoms with van der Waals surface area (Å²) in [6.07, 6.45) is 0. The Labute approximate surface area is 757 Å². The monoisotopic (exact) mass is 1680 g/mol. The highest BCUT2D eigenvalue weighted by atomic mass is 32.1. The van der Waals surface area contributed by atoms with Gasteiger partial charge in [0.25, 0.3) is 0 Å². The van der Waals surface area contributed by atoms with Gasteiger partial charge >= 0.3 is 0 Å². The standard InChI is InChI=1S/C66H43N3S2.C56H40N2/c1-4-15-44(16-5-1)45-27-31-50(32-28-45)68(52-22-14-21-51(41-52)67(48-17-6-2-7-18-48)53-33-37-65-59(42-53)57-24-11-13-26-63(57)70-65)54-34-38-66-60(43-54)58-39-46(30-36-64(58)71-66)47-29-35-56-55-23-10-12-25-61(55)69(62(56)40-47)49-19-8-3-9-20-49;1-3-11-41(12-4-1)45-19-29-51(30-20-45)57(55-37-27-43-15-7-9-17-49(43)39-55)53-33-23-47(24-34-53)48-25-35-54(36-26-48)58(56-38-28-44-16-8-10-18-50(44)40-56)52-31-21-46(22-32-52)42-13-5-2-6-14-42/h1-43H;1-40H. The van der Waals surface area contributed by atoms with E-state index in [2.05, 4.69) is 528 Å². The molecule has 5 nitrogen and oxygen atoms in total. The van der Waals surface area contributed by atoms with Crippen LogP contribution in [0, 0.1) is 0 Å². The third-order valence-corrected chi connectivity index (χ3v) is 27.3. The molecule has 3 heterocycles. The van der Waals surface area contributed by atoms with Crippen molar-refractivity contribution in [2.24, 2.45) is 0 Å². The fraction of sp³-hybridized carbons (Fsp3) is 0. The second-order valence-corrected chi connectivity index (χ2v) is 35.0. The Morgan fingerprint density at radius 3 is 0.884 bits per heavy atom. The van der Waals surface area contributed by atoms with E-state index in [0.717, 1.165) is 85.1 Å². The highest BCUT2D eigenvalue weighted by molar-refractivity contribution is 7.26. The Kier molecular flexibility index (Phi) is 20.3. The van der Waals surface area contributed by atoms with Gasteiger partial charge in [-0.25, -0.2) is 0 Å². The first-order chi connectivity index (χ1) is 63.9. The van der Waals surface area contributed by atoms with Gasteiger partial charge in [0.05, 0.1) is 11.0 Å². The molecule has 7 heteroatoms. The average molecular weight is 1680 g/mol. The fourth-order valence-electron chi connectivity index (χ4n) is 18.6. The number of rotatable bonds is 18. The molecule has 129 heavy (non-hydrogen) atoms. The van der Waals surface area contributed by atoms with Gasteiger partial charge in [0.1, 0.15) is 0 Å². The molecule has 24 aromatic rings. The predicted octanol–water partition coefficient (Wildman–Crippen LogP) is 35.7. The zero-order chi connectivity index (χ0) is 85.5. The van der Waals surface area contributed by atoms with Crippen LogP contribution in [0.5, 0.6) is 0 Å². The molecule has 0 aliphatic rings. The van der Waals surface area contributed by atoms with Gasteiger partial charge in [-0.3, -0.25) is 0 Å². The summed E-state index contributed by atoms with van der Waals surface area (Å²) in [6, 6.07) is 183. The lowest BCUT2D eigenvalue weighted by atomic mass is 10.0. The van der Waals surface area contributed by atoms with Crippen molar-refractivity contribution in [3.63, 3.8) is 0 Å². The molecule has 0 saturated heterocycles. The van der Waals surface area contributed by atoms with Gasteiger partial charge in [-0.1, -0.05) is 309 Å². The fourth-order valence-corrected chi connectivity index (χ4v) is 20.8. The van der Waals surface area contributed by atoms with Crippen molar-refractivity contribution in [3.8, 4) is 61.3 Å². The van der Waals surface area contributed by atoms with Crippen molar-refractivity contribution in [2.75, 3.05) is 19.6 Å². The quantitative estimate of drug-likeness (QED) is 0.0852. The first-order valence-corrected chi connectivity index (χ1v) is 45.5. The smallest absolute Gasteiger partial charge is 0.0547 e. The molecule has 24 rings (SSSR count). The number of hydrogen-bond donors (Lipinski definition) is 0. The number of nitrogens with zero attached hydrogens (tertiary/aromatic N) is 5. The van der Waals surface area contributed by atoms with E-state index in [9.17, 15) is 0 Å². The SMILES string of the molecule is c1ccc(-c2ccc(N(c3ccc(-c4ccc(N(c5ccc(-c6ccccc6)cc5)c5ccc6ccccc6c5)cc4)cc3)c3ccc4ccccc4c3)cc2)cc1.c1ccc(-c2ccc(N(c3cccc(N(c4ccccc4)c4ccc5sc6ccccc6c5c4)c3)c3ccc4sc5ccc(-c6ccc7c8ccccc8n(-c8ccccc8)c7c6)cc5c4c3)cc2)cc1. The maximum atomic E-state index is 2.42. The van der Waals surface area contributed by atoms with Crippen LogP contribution in [-0.2, 0) is 0 Å². The van der Waals surface area contributed by atoms with E-state index in [1.807, 2.05) is 22.7 Å². The van der Waals surface area contributed by atoms with Gasteiger partial charge in [0.15, 0.2) is 0 Å². The Morgan fingerprint density at radius 2 is 0.419 bits per heavy atom. The largest absolute Gasteiger partial charge is 0.310 e. The third-order valence-electron chi connectivity index (χ3n) is 25.0. The minimum atomic E-state index is 1.07. The molecule has 3 aromatic heterocycles. The number of para-hydroxylation sites is 3. The summed E-state index contributed by atoms with van der Waals surface area (Å²) < 4.78 is 7.53. The van der Waals surface area contributed by atoms with E-state index in [4.69, 9.17) is 0 Å². The first kappa shape index (κ1) is 77.4. The number of hydrogen-bond acceptors (Lipinski definition) is 6. The minimum Gasteiger partial charge on any atom is -0.310 e. The molecule has 0 aliphatic heterocycles. The van der Waals surface area contributed by atoms with E-state index in [0.29, 0.717) is 0 Å². The van der Waals surface area contributed by atoms with Gasteiger partial charge in [-0.15, -0.1) is 22.7 Å². The molecule has 0 aliphatic carbocycles. The van der Waals surface area contributed by atoms with E-state index in [1.54, 1.807) is 0 Å². The van der Waals surface area contributed by atoms with Crippen LogP contribution in [0.3, 0.4) is 0 Å². The van der Waals surface area contributed by atoms with Crippen LogP contribution < -0.4 is 19.6 Å². The van der Waals surface area contributed by atoms with Gasteiger partial charge in [0, 0.05) is 125 Å². The van der Waals surface area contributed by atoms with Crippen LogP contribution in [0.4, 0.5) is 68.2 Å². The maximum Gasteiger partial charge on any atom is 0.0547 e. The number of fused-ring (bicyclic) bond motifs is 11. The Bertz CT molecular complexity index is 7990. The molecule has 0 amide bonds. The van der Waals surface area contributed by atoms with Gasteiger partial charge in [0.2, 0.25) is 0 Å². The van der Waals surface area contributed by atoms with Crippen molar-refractivity contribution < 1.29 is 0 Å². The number of anilines is 12. The number of benzene rings is 21. The number of thiophene rings is 2. The molecule has 0 radical (unpaired) electrons. The lowest BCUT2D eigenvalue weighted by molar-refractivity contribution is 1.18. The summed E-state index contributed by atoms with van der Waals surface area (Å²) in [4.78, 5) is 9.50. The average Bonchev–Trinajstić information content (AvgIpc) is 1.59. The summed E-state index contributed by atoms with van der Waals surface area (Å²) in [5, 5.41) is 12.5. The van der Waals surface area contributed by atoms with Gasteiger partial charge in [-0.05, 0) is 271 Å². The van der Waals surface area contributed by atoms with Crippen LogP contribution in [0.15, 0.2) is 504 Å². The van der Waals surface area contributed by atoms with Crippen molar-refractivity contribution in [1.29, 1.82) is 0 Å². The van der Waals surface area contributed by atoms with Crippen molar-refractivity contribution in [2.45, 2.75) is 0 Å². The van der Waals surface area contributed by atoms with Crippen molar-refractivity contribution in [1.82, 2.24) is 4.57 Å². The molecule has 0 N–H and O–H groups in total. The van der Waals surface area contributed by atoms with E-state index >= 15 is 0 Å². The third kappa shape index (κ3) is 15.1. The van der Waals surface area contributed by atoms with Crippen LogP contribution in [-0.4, -0.2) is 4.57 Å². The predicted molar refractivity (Wildman–Crippen MR) is 554 cm³/mol. The normalized spacial score (nSPS) is 11.4. The number of aromatic nitrogens is 1. The Balaban J connectivity index is 0.000000150. The highest BCUT2D eigenvalue weighted by Crippen LogP contribution is 2.49. The second-order valence-electron chi connectivity index (χ2n) is 32.8. The van der Waals surface area contributed by atoms with E-state index < -0.39 is 0 Å². The highest BCUT2D eigenvalue weighted by Gasteiger charge is 2.24. The van der Waals surface area contributed by atoms with Gasteiger partial charge in [-0.2, -0.15) is 0 Å². The van der Waals surface area contributed by atoms with Crippen LogP contribution in [0.2, 0.25) is 0 Å². The summed E-state index contributed by atoms with van der Waals surface area (Å²) in [7, 11) is 0. The molecular weight excluding hydrogens is 1600 g/mol. The van der Waals surface area contributed by atoms with Gasteiger partial charge < -0.3 is 24.2 Å². The van der Waals surface area contributed by atoms with Crippen molar-refractivity contribution in [3.05, 3.63) is 504 Å². The van der Waals surface area contributed by atoms with E-state index in [-0.39, 0.29) is 0 Å². The molecule has 0 bridgehead atoms. The van der Waals surface area contributed by atoms with Crippen molar-refractivity contribution >= 4 is 175 Å². The zero-order valence-electron chi connectivity index (χ0n) is 70.5. The molecule has 0 spiro atoms. The van der Waals surface area contributed by atoms with Crippen LogP contribution in [0.1, 0.15) is 0 Å². The Morgan fingerprint density at radius 1 is 0.140 bits per heavy atom. The summed E-state index contributed by atoms with van der Waals surface area (Å²) in [5.74, 6) is 0. The van der Waals surface area contributed by atoms with Crippen LogP contribution in [0.25, 0.3) is 145 Å². The lowest BCUT2D eigenvalue weighted by Crippen LogP contribution is -2.13. The summed E-state index contributed by atoms with van der Waals surface area (Å²) in [6.45, 7) is 0. The molecule has 0 fully saturated rings. The molecular formula is C122H83N5S2. The maximum absolute atomic E-state index is 2.42. The topological polar surface area (TPSA) is 17.9 Å². The zero-order valence-corrected chi connectivity index (χ0v) is 72.1. The first-order valence-electron chi connectivity index (χ1n) is 43.9. The molecule has 0 unspecified atom stereocenters. The Hall–Kier alpha value is -16.4. The van der Waals surface area contributed by atoms with E-state index in [1.165, 1.54) is 128 Å². The summed E-state index contributed by atoms with van der Waals surface area (Å²) in [5.41, 5.74) is 28.7. The van der Waals surface area contributed by atoms with Crippen LogP contribution >= 0.6 is 22.7 Å². The summed E-state index contributed by atoms with van der Waals surface area (Å²) >= 11 is 3.71.